The van der Waals surface area contributed by atoms with Crippen molar-refractivity contribution in [1.82, 2.24) is 10.3 Å². The maximum Gasteiger partial charge on any atom is 0.319 e. The van der Waals surface area contributed by atoms with E-state index in [0.29, 0.717) is 29.7 Å². The van der Waals surface area contributed by atoms with Gasteiger partial charge in [0.25, 0.3) is 0 Å². The number of amides is 2. The molecule has 0 aliphatic carbocycles. The van der Waals surface area contributed by atoms with Crippen molar-refractivity contribution in [3.05, 3.63) is 53.2 Å². The van der Waals surface area contributed by atoms with E-state index >= 15 is 0 Å². The van der Waals surface area contributed by atoms with Crippen molar-refractivity contribution in [3.8, 4) is 5.88 Å². The summed E-state index contributed by atoms with van der Waals surface area (Å²) in [4.78, 5) is 16.0. The van der Waals surface area contributed by atoms with Gasteiger partial charge in [-0.3, -0.25) is 0 Å². The summed E-state index contributed by atoms with van der Waals surface area (Å²) >= 11 is 5.79. The second kappa shape index (κ2) is 7.50. The second-order valence-corrected chi connectivity index (χ2v) is 4.65. The Balaban J connectivity index is 1.90. The first-order valence-electron chi connectivity index (χ1n) is 6.56. The van der Waals surface area contributed by atoms with Gasteiger partial charge in [0.2, 0.25) is 5.88 Å². The van der Waals surface area contributed by atoms with E-state index in [9.17, 15) is 4.79 Å². The van der Waals surface area contributed by atoms with E-state index in [2.05, 4.69) is 15.6 Å². The van der Waals surface area contributed by atoms with E-state index in [1.54, 1.807) is 36.5 Å². The third-order valence-electron chi connectivity index (χ3n) is 2.67. The molecular weight excluding hydrogens is 290 g/mol. The summed E-state index contributed by atoms with van der Waals surface area (Å²) < 4.78 is 5.40. The molecule has 0 saturated carbocycles. The van der Waals surface area contributed by atoms with Crippen LogP contribution in [0, 0.1) is 0 Å². The summed E-state index contributed by atoms with van der Waals surface area (Å²) in [6.07, 6.45) is 1.66. The largest absolute Gasteiger partial charge is 0.478 e. The summed E-state index contributed by atoms with van der Waals surface area (Å²) in [7, 11) is 0. The van der Waals surface area contributed by atoms with Crippen LogP contribution in [0.25, 0.3) is 0 Å². The van der Waals surface area contributed by atoms with E-state index in [4.69, 9.17) is 16.3 Å². The smallest absolute Gasteiger partial charge is 0.319 e. The van der Waals surface area contributed by atoms with Crippen LogP contribution < -0.4 is 15.4 Å². The molecule has 0 aliphatic heterocycles. The lowest BCUT2D eigenvalue weighted by molar-refractivity contribution is 0.251. The average Bonchev–Trinajstić information content (AvgIpc) is 2.49. The van der Waals surface area contributed by atoms with Crippen molar-refractivity contribution in [2.24, 2.45) is 0 Å². The molecule has 5 nitrogen and oxygen atoms in total. The highest BCUT2D eigenvalue weighted by atomic mass is 35.5. The molecule has 0 unspecified atom stereocenters. The number of benzene rings is 1. The highest BCUT2D eigenvalue weighted by Crippen LogP contribution is 2.15. The number of hydrogen-bond donors (Lipinski definition) is 2. The minimum Gasteiger partial charge on any atom is -0.478 e. The van der Waals surface area contributed by atoms with Gasteiger partial charge in [0, 0.05) is 29.0 Å². The highest BCUT2D eigenvalue weighted by Gasteiger charge is 2.06. The minimum atomic E-state index is -0.302. The number of nitrogens with one attached hydrogen (secondary N) is 2. The molecule has 2 N–H and O–H groups in total. The molecule has 2 amide bonds. The van der Waals surface area contributed by atoms with Crippen LogP contribution in [0.5, 0.6) is 5.88 Å². The van der Waals surface area contributed by atoms with Gasteiger partial charge in [-0.2, -0.15) is 0 Å². The predicted octanol–water partition coefficient (Wildman–Crippen LogP) is 3.46. The third-order valence-corrected chi connectivity index (χ3v) is 2.92. The van der Waals surface area contributed by atoms with Crippen LogP contribution in [-0.4, -0.2) is 17.6 Å². The van der Waals surface area contributed by atoms with E-state index < -0.39 is 0 Å². The summed E-state index contributed by atoms with van der Waals surface area (Å²) in [6.45, 7) is 2.75. The molecule has 2 aromatic rings. The lowest BCUT2D eigenvalue weighted by Gasteiger charge is -2.10. The van der Waals surface area contributed by atoms with E-state index in [0.717, 1.165) is 5.56 Å². The second-order valence-electron chi connectivity index (χ2n) is 4.22. The zero-order valence-electron chi connectivity index (χ0n) is 11.6. The van der Waals surface area contributed by atoms with Crippen LogP contribution in [0.15, 0.2) is 42.6 Å². The van der Waals surface area contributed by atoms with Gasteiger partial charge < -0.3 is 15.4 Å². The maximum absolute atomic E-state index is 11.8. The molecule has 2 rings (SSSR count). The van der Waals surface area contributed by atoms with Crippen LogP contribution >= 0.6 is 11.6 Å². The number of carbonyl (C=O) groups excluding carboxylic acids is 1. The van der Waals surface area contributed by atoms with Crippen molar-refractivity contribution in [2.75, 3.05) is 11.9 Å². The van der Waals surface area contributed by atoms with Crippen LogP contribution in [0.3, 0.4) is 0 Å². The molecule has 0 spiro atoms. The van der Waals surface area contributed by atoms with Gasteiger partial charge in [-0.05, 0) is 37.3 Å². The average molecular weight is 306 g/mol. The predicted molar refractivity (Wildman–Crippen MR) is 82.7 cm³/mol. The molecule has 1 aromatic heterocycles. The molecule has 0 atom stereocenters. The van der Waals surface area contributed by atoms with Gasteiger partial charge in [-0.15, -0.1) is 0 Å². The van der Waals surface area contributed by atoms with Gasteiger partial charge in [0.15, 0.2) is 0 Å². The first kappa shape index (κ1) is 15.1. The van der Waals surface area contributed by atoms with Gasteiger partial charge >= 0.3 is 6.03 Å². The number of hydrogen-bond acceptors (Lipinski definition) is 3. The number of nitrogens with zero attached hydrogens (tertiary/aromatic N) is 1. The van der Waals surface area contributed by atoms with Crippen molar-refractivity contribution in [3.63, 3.8) is 0 Å². The summed E-state index contributed by atoms with van der Waals surface area (Å²) in [5.74, 6) is 0.534. The fraction of sp³-hybridized carbons (Fsp3) is 0.200. The highest BCUT2D eigenvalue weighted by molar-refractivity contribution is 6.30. The molecule has 0 fully saturated rings. The number of carbonyl (C=O) groups is 1. The molecule has 0 bridgehead atoms. The standard InChI is InChI=1S/C15H16ClN3O2/c1-2-21-14-11(4-3-9-17-14)10-18-15(20)19-13-7-5-12(16)6-8-13/h3-9H,2,10H2,1H3,(H2,18,19,20). The lowest BCUT2D eigenvalue weighted by atomic mass is 10.2. The molecule has 0 aliphatic rings. The topological polar surface area (TPSA) is 63.2 Å². The first-order chi connectivity index (χ1) is 10.2. The Morgan fingerprint density at radius 3 is 2.76 bits per heavy atom. The summed E-state index contributed by atoms with van der Waals surface area (Å²) in [5.41, 5.74) is 1.50. The monoisotopic (exact) mass is 305 g/mol. The Kier molecular flexibility index (Phi) is 5.40. The van der Waals surface area contributed by atoms with E-state index in [1.807, 2.05) is 13.0 Å². The zero-order chi connectivity index (χ0) is 15.1. The van der Waals surface area contributed by atoms with E-state index in [1.165, 1.54) is 0 Å². The quantitative estimate of drug-likeness (QED) is 0.889. The SMILES string of the molecule is CCOc1ncccc1CNC(=O)Nc1ccc(Cl)cc1. The molecule has 110 valence electrons. The Morgan fingerprint density at radius 2 is 2.05 bits per heavy atom. The Morgan fingerprint density at radius 1 is 1.29 bits per heavy atom. The van der Waals surface area contributed by atoms with Crippen molar-refractivity contribution >= 4 is 23.3 Å². The minimum absolute atomic E-state index is 0.302. The number of urea groups is 1. The summed E-state index contributed by atoms with van der Waals surface area (Å²) in [5, 5.41) is 6.10. The van der Waals surface area contributed by atoms with Crippen molar-refractivity contribution in [1.29, 1.82) is 0 Å². The normalized spacial score (nSPS) is 10.0. The fourth-order valence-corrected chi connectivity index (χ4v) is 1.84. The van der Waals surface area contributed by atoms with Crippen LogP contribution in [0.4, 0.5) is 10.5 Å². The van der Waals surface area contributed by atoms with Crippen molar-refractivity contribution in [2.45, 2.75) is 13.5 Å². The van der Waals surface area contributed by atoms with Gasteiger partial charge in [-0.1, -0.05) is 17.7 Å². The van der Waals surface area contributed by atoms with Gasteiger partial charge in [0.05, 0.1) is 6.61 Å². The molecule has 1 heterocycles. The Bertz CT molecular complexity index is 602. The molecule has 0 radical (unpaired) electrons. The van der Waals surface area contributed by atoms with E-state index in [-0.39, 0.29) is 6.03 Å². The molecular formula is C15H16ClN3O2. The zero-order valence-corrected chi connectivity index (χ0v) is 12.4. The first-order valence-corrected chi connectivity index (χ1v) is 6.94. The maximum atomic E-state index is 11.8. The van der Waals surface area contributed by atoms with Crippen molar-refractivity contribution < 1.29 is 9.53 Å². The number of rotatable bonds is 5. The fourth-order valence-electron chi connectivity index (χ4n) is 1.71. The van der Waals surface area contributed by atoms with Crippen LogP contribution in [0.1, 0.15) is 12.5 Å². The van der Waals surface area contributed by atoms with Gasteiger partial charge in [-0.25, -0.2) is 9.78 Å². The lowest BCUT2D eigenvalue weighted by Crippen LogP contribution is -2.28. The molecule has 21 heavy (non-hydrogen) atoms. The number of aromatic nitrogens is 1. The van der Waals surface area contributed by atoms with Gasteiger partial charge in [0.1, 0.15) is 0 Å². The Labute approximate surface area is 128 Å². The molecule has 1 aromatic carbocycles. The molecule has 6 heteroatoms. The number of anilines is 1. The Hall–Kier alpha value is -2.27. The number of pyridine rings is 1. The number of halogens is 1. The van der Waals surface area contributed by atoms with Crippen LogP contribution in [0.2, 0.25) is 5.02 Å². The number of ether oxygens (including phenoxy) is 1. The van der Waals surface area contributed by atoms with Crippen LogP contribution in [-0.2, 0) is 6.54 Å². The molecule has 0 saturated heterocycles. The third kappa shape index (κ3) is 4.65. The summed E-state index contributed by atoms with van der Waals surface area (Å²) in [6, 6.07) is 10.3.